The van der Waals surface area contributed by atoms with Crippen LogP contribution in [0.5, 0.6) is 0 Å². The van der Waals surface area contributed by atoms with Gasteiger partial charge in [0.2, 0.25) is 0 Å². The Bertz CT molecular complexity index is 417. The average molecular weight is 299 g/mol. The molecular formula is C12H15BrN2O2. The number of carbonyl (C=O) groups excluding carboxylic acids is 1. The van der Waals surface area contributed by atoms with Crippen LogP contribution < -0.4 is 5.32 Å². The molecule has 5 heteroatoms. The van der Waals surface area contributed by atoms with Crippen molar-refractivity contribution in [1.82, 2.24) is 4.90 Å². The van der Waals surface area contributed by atoms with Crippen molar-refractivity contribution in [2.75, 3.05) is 31.6 Å². The molecular weight excluding hydrogens is 284 g/mol. The molecule has 0 aromatic heterocycles. The third kappa shape index (κ3) is 2.98. The van der Waals surface area contributed by atoms with Crippen LogP contribution in [0.4, 0.5) is 10.5 Å². The lowest BCUT2D eigenvalue weighted by atomic mass is 10.2. The second-order valence-corrected chi connectivity index (χ2v) is 4.76. The minimum atomic E-state index is -0.0698. The number of nitrogens with zero attached hydrogens (tertiary/aromatic N) is 1. The number of hydrogen-bond donors (Lipinski definition) is 1. The van der Waals surface area contributed by atoms with Gasteiger partial charge in [-0.3, -0.25) is 0 Å². The van der Waals surface area contributed by atoms with Gasteiger partial charge in [-0.15, -0.1) is 0 Å². The maximum atomic E-state index is 12.0. The van der Waals surface area contributed by atoms with Crippen molar-refractivity contribution in [3.63, 3.8) is 0 Å². The van der Waals surface area contributed by atoms with E-state index in [1.807, 2.05) is 25.1 Å². The number of nitrogens with one attached hydrogen (secondary N) is 1. The van der Waals surface area contributed by atoms with Crippen molar-refractivity contribution in [3.8, 4) is 0 Å². The van der Waals surface area contributed by atoms with Crippen molar-refractivity contribution in [3.05, 3.63) is 28.2 Å². The molecule has 2 amide bonds. The average Bonchev–Trinajstić information content (AvgIpc) is 2.36. The number of hydrogen-bond acceptors (Lipinski definition) is 2. The predicted octanol–water partition coefficient (Wildman–Crippen LogP) is 2.62. The Kier molecular flexibility index (Phi) is 4.02. The van der Waals surface area contributed by atoms with E-state index in [9.17, 15) is 4.79 Å². The first-order valence-electron chi connectivity index (χ1n) is 5.57. The summed E-state index contributed by atoms with van der Waals surface area (Å²) < 4.78 is 6.14. The van der Waals surface area contributed by atoms with Crippen LogP contribution in [0.2, 0.25) is 0 Å². The second kappa shape index (κ2) is 5.51. The van der Waals surface area contributed by atoms with E-state index in [4.69, 9.17) is 4.74 Å². The maximum absolute atomic E-state index is 12.0. The number of aryl methyl sites for hydroxylation is 1. The van der Waals surface area contributed by atoms with Gasteiger partial charge in [0.15, 0.2) is 0 Å². The van der Waals surface area contributed by atoms with Gasteiger partial charge in [-0.1, -0.05) is 12.1 Å². The Labute approximate surface area is 109 Å². The zero-order chi connectivity index (χ0) is 12.3. The molecule has 1 aromatic rings. The standard InChI is InChI=1S/C12H15BrN2O2/c1-9-3-2-4-10(11(9)13)14-12(16)15-5-7-17-8-6-15/h2-4H,5-8H2,1H3,(H,14,16). The molecule has 17 heavy (non-hydrogen) atoms. The van der Waals surface area contributed by atoms with Crippen molar-refractivity contribution < 1.29 is 9.53 Å². The summed E-state index contributed by atoms with van der Waals surface area (Å²) in [6.07, 6.45) is 0. The van der Waals surface area contributed by atoms with E-state index in [2.05, 4.69) is 21.2 Å². The van der Waals surface area contributed by atoms with Crippen LogP contribution in [0.15, 0.2) is 22.7 Å². The monoisotopic (exact) mass is 298 g/mol. The summed E-state index contributed by atoms with van der Waals surface area (Å²) in [5, 5.41) is 2.91. The summed E-state index contributed by atoms with van der Waals surface area (Å²) in [5.74, 6) is 0. The predicted molar refractivity (Wildman–Crippen MR) is 70.3 cm³/mol. The Balaban J connectivity index is 2.04. The molecule has 1 aliphatic heterocycles. The Morgan fingerprint density at radius 2 is 2.12 bits per heavy atom. The molecule has 0 atom stereocenters. The number of anilines is 1. The van der Waals surface area contributed by atoms with Crippen LogP contribution in [0.3, 0.4) is 0 Å². The minimum absolute atomic E-state index is 0.0698. The van der Waals surface area contributed by atoms with Crippen molar-refractivity contribution >= 4 is 27.6 Å². The lowest BCUT2D eigenvalue weighted by Crippen LogP contribution is -2.43. The summed E-state index contributed by atoms with van der Waals surface area (Å²) >= 11 is 3.47. The van der Waals surface area contributed by atoms with Gasteiger partial charge >= 0.3 is 6.03 Å². The van der Waals surface area contributed by atoms with Crippen LogP contribution >= 0.6 is 15.9 Å². The molecule has 2 rings (SSSR count). The van der Waals surface area contributed by atoms with Gasteiger partial charge < -0.3 is 15.0 Å². The van der Waals surface area contributed by atoms with Gasteiger partial charge in [-0.2, -0.15) is 0 Å². The van der Waals surface area contributed by atoms with E-state index in [1.165, 1.54) is 0 Å². The first kappa shape index (κ1) is 12.4. The highest BCUT2D eigenvalue weighted by atomic mass is 79.9. The van der Waals surface area contributed by atoms with Crippen LogP contribution in [-0.4, -0.2) is 37.2 Å². The summed E-state index contributed by atoms with van der Waals surface area (Å²) in [4.78, 5) is 13.7. The smallest absolute Gasteiger partial charge is 0.322 e. The Morgan fingerprint density at radius 3 is 2.82 bits per heavy atom. The van der Waals surface area contributed by atoms with Gasteiger partial charge in [-0.05, 0) is 34.5 Å². The molecule has 1 saturated heterocycles. The molecule has 1 aliphatic rings. The minimum Gasteiger partial charge on any atom is -0.378 e. The zero-order valence-corrected chi connectivity index (χ0v) is 11.3. The van der Waals surface area contributed by atoms with Gasteiger partial charge in [0.05, 0.1) is 18.9 Å². The third-order valence-corrected chi connectivity index (χ3v) is 3.78. The van der Waals surface area contributed by atoms with Crippen LogP contribution in [0.25, 0.3) is 0 Å². The van der Waals surface area contributed by atoms with E-state index in [-0.39, 0.29) is 6.03 Å². The van der Waals surface area contributed by atoms with E-state index in [1.54, 1.807) is 4.90 Å². The van der Waals surface area contributed by atoms with Crippen molar-refractivity contribution in [2.24, 2.45) is 0 Å². The molecule has 0 bridgehead atoms. The number of carbonyl (C=O) groups is 1. The zero-order valence-electron chi connectivity index (χ0n) is 9.70. The van der Waals surface area contributed by atoms with Crippen LogP contribution in [-0.2, 0) is 4.74 Å². The fraction of sp³-hybridized carbons (Fsp3) is 0.417. The van der Waals surface area contributed by atoms with Crippen LogP contribution in [0, 0.1) is 6.92 Å². The quantitative estimate of drug-likeness (QED) is 0.866. The highest BCUT2D eigenvalue weighted by Crippen LogP contribution is 2.25. The molecule has 0 aliphatic carbocycles. The number of amides is 2. The number of rotatable bonds is 1. The van der Waals surface area contributed by atoms with Gasteiger partial charge in [0.25, 0.3) is 0 Å². The molecule has 1 fully saturated rings. The van der Waals surface area contributed by atoms with E-state index in [0.717, 1.165) is 15.7 Å². The molecule has 92 valence electrons. The first-order valence-corrected chi connectivity index (χ1v) is 6.36. The summed E-state index contributed by atoms with van der Waals surface area (Å²) in [5.41, 5.74) is 1.91. The fourth-order valence-corrected chi connectivity index (χ4v) is 2.07. The second-order valence-electron chi connectivity index (χ2n) is 3.97. The van der Waals surface area contributed by atoms with Gasteiger partial charge in [0.1, 0.15) is 0 Å². The third-order valence-electron chi connectivity index (χ3n) is 2.73. The molecule has 1 aromatic carbocycles. The molecule has 1 heterocycles. The molecule has 1 N–H and O–H groups in total. The van der Waals surface area contributed by atoms with E-state index < -0.39 is 0 Å². The topological polar surface area (TPSA) is 41.6 Å². The molecule has 0 spiro atoms. The summed E-state index contributed by atoms with van der Waals surface area (Å²) in [6, 6.07) is 5.73. The Morgan fingerprint density at radius 1 is 1.41 bits per heavy atom. The SMILES string of the molecule is Cc1cccc(NC(=O)N2CCOCC2)c1Br. The first-order chi connectivity index (χ1) is 8.18. The normalized spacial score (nSPS) is 15.8. The summed E-state index contributed by atoms with van der Waals surface area (Å²) in [7, 11) is 0. The lowest BCUT2D eigenvalue weighted by Gasteiger charge is -2.27. The highest BCUT2D eigenvalue weighted by Gasteiger charge is 2.17. The number of morpholine rings is 1. The maximum Gasteiger partial charge on any atom is 0.322 e. The lowest BCUT2D eigenvalue weighted by molar-refractivity contribution is 0.0564. The van der Waals surface area contributed by atoms with Gasteiger partial charge in [0, 0.05) is 17.6 Å². The number of urea groups is 1. The van der Waals surface area contributed by atoms with Crippen LogP contribution in [0.1, 0.15) is 5.56 Å². The van der Waals surface area contributed by atoms with E-state index in [0.29, 0.717) is 26.3 Å². The fourth-order valence-electron chi connectivity index (χ4n) is 1.70. The largest absolute Gasteiger partial charge is 0.378 e. The Hall–Kier alpha value is -1.07. The number of benzene rings is 1. The molecule has 0 unspecified atom stereocenters. The number of ether oxygens (including phenoxy) is 1. The highest BCUT2D eigenvalue weighted by molar-refractivity contribution is 9.10. The van der Waals surface area contributed by atoms with Gasteiger partial charge in [-0.25, -0.2) is 4.79 Å². The molecule has 4 nitrogen and oxygen atoms in total. The van der Waals surface area contributed by atoms with E-state index >= 15 is 0 Å². The molecule has 0 radical (unpaired) electrons. The molecule has 0 saturated carbocycles. The van der Waals surface area contributed by atoms with Crippen molar-refractivity contribution in [1.29, 1.82) is 0 Å². The summed E-state index contributed by atoms with van der Waals surface area (Å²) in [6.45, 7) is 4.52. The number of halogens is 1. The van der Waals surface area contributed by atoms with Crippen molar-refractivity contribution in [2.45, 2.75) is 6.92 Å².